The molecule has 0 aromatic heterocycles. The van der Waals surface area contributed by atoms with Gasteiger partial charge in [-0.2, -0.15) is 0 Å². The Morgan fingerprint density at radius 1 is 1.44 bits per heavy atom. The molecule has 0 spiro atoms. The van der Waals surface area contributed by atoms with Crippen molar-refractivity contribution in [2.75, 3.05) is 6.61 Å². The van der Waals surface area contributed by atoms with Crippen molar-refractivity contribution >= 4 is 5.78 Å². The molecular weight excluding hydrogens is 238 g/mol. The van der Waals surface area contributed by atoms with Crippen LogP contribution in [0.25, 0.3) is 0 Å². The largest absolute Gasteiger partial charge is 0.370 e. The van der Waals surface area contributed by atoms with Crippen molar-refractivity contribution in [3.63, 3.8) is 0 Å². The van der Waals surface area contributed by atoms with Gasteiger partial charge in [-0.1, -0.05) is 12.1 Å². The van der Waals surface area contributed by atoms with Crippen molar-refractivity contribution in [3.8, 4) is 0 Å². The summed E-state index contributed by atoms with van der Waals surface area (Å²) in [4.78, 5) is 12.0. The maximum Gasteiger partial charge on any atom is 0.166 e. The first kappa shape index (κ1) is 13.1. The fourth-order valence-electron chi connectivity index (χ4n) is 2.04. The molecule has 98 valence electrons. The van der Waals surface area contributed by atoms with Gasteiger partial charge in [-0.25, -0.2) is 8.78 Å². The molecule has 0 aliphatic heterocycles. The second-order valence-electron chi connectivity index (χ2n) is 4.57. The molecule has 4 heteroatoms. The van der Waals surface area contributed by atoms with E-state index in [4.69, 9.17) is 4.74 Å². The summed E-state index contributed by atoms with van der Waals surface area (Å²) < 4.78 is 31.9. The number of hydrogen-bond donors (Lipinski definition) is 0. The molecule has 0 saturated heterocycles. The highest BCUT2D eigenvalue weighted by atomic mass is 19.2. The van der Waals surface area contributed by atoms with Gasteiger partial charge in [-0.05, 0) is 37.3 Å². The van der Waals surface area contributed by atoms with Gasteiger partial charge in [-0.3, -0.25) is 4.79 Å². The number of Topliss-reactive ketones (excluding diaryl/α,β-unsaturated/α-hetero) is 1. The normalized spacial score (nSPS) is 16.6. The molecule has 1 aliphatic rings. The third-order valence-corrected chi connectivity index (χ3v) is 3.11. The average molecular weight is 254 g/mol. The molecule has 0 N–H and O–H groups in total. The van der Waals surface area contributed by atoms with Crippen molar-refractivity contribution in [3.05, 3.63) is 35.4 Å². The number of hydrogen-bond acceptors (Lipinski definition) is 2. The monoisotopic (exact) mass is 254 g/mol. The maximum atomic E-state index is 13.5. The Labute approximate surface area is 105 Å². The summed E-state index contributed by atoms with van der Waals surface area (Å²) in [6.45, 7) is 2.28. The number of carbonyl (C=O) groups is 1. The van der Waals surface area contributed by atoms with Gasteiger partial charge < -0.3 is 4.74 Å². The lowest BCUT2D eigenvalue weighted by Gasteiger charge is -2.15. The molecule has 1 saturated carbocycles. The van der Waals surface area contributed by atoms with E-state index < -0.39 is 17.7 Å². The number of carbonyl (C=O) groups excluding carboxylic acids is 1. The highest BCUT2D eigenvalue weighted by Gasteiger charge is 2.36. The van der Waals surface area contributed by atoms with Crippen LogP contribution in [0.1, 0.15) is 25.3 Å². The molecule has 0 amide bonds. The number of halogens is 2. The third-order valence-electron chi connectivity index (χ3n) is 3.11. The van der Waals surface area contributed by atoms with Gasteiger partial charge in [0.05, 0.1) is 0 Å². The smallest absolute Gasteiger partial charge is 0.166 e. The summed E-state index contributed by atoms with van der Waals surface area (Å²) in [7, 11) is 0. The van der Waals surface area contributed by atoms with Crippen LogP contribution in [0.15, 0.2) is 18.2 Å². The second kappa shape index (κ2) is 5.57. The van der Waals surface area contributed by atoms with Crippen LogP contribution < -0.4 is 0 Å². The second-order valence-corrected chi connectivity index (χ2v) is 4.57. The molecule has 1 aromatic rings. The van der Waals surface area contributed by atoms with Crippen LogP contribution in [0.5, 0.6) is 0 Å². The van der Waals surface area contributed by atoms with E-state index in [0.29, 0.717) is 6.61 Å². The first-order chi connectivity index (χ1) is 8.63. The van der Waals surface area contributed by atoms with E-state index in [9.17, 15) is 13.6 Å². The molecule has 2 nitrogen and oxygen atoms in total. The molecule has 1 aromatic carbocycles. The van der Waals surface area contributed by atoms with E-state index in [1.807, 2.05) is 6.92 Å². The molecular formula is C14H16F2O2. The molecule has 0 radical (unpaired) electrons. The van der Waals surface area contributed by atoms with Crippen LogP contribution in [-0.2, 0) is 16.0 Å². The van der Waals surface area contributed by atoms with Gasteiger partial charge in [-0.15, -0.1) is 0 Å². The first-order valence-electron chi connectivity index (χ1n) is 6.20. The van der Waals surface area contributed by atoms with E-state index in [0.717, 1.165) is 18.9 Å². The van der Waals surface area contributed by atoms with Gasteiger partial charge in [0.2, 0.25) is 0 Å². The zero-order valence-corrected chi connectivity index (χ0v) is 10.3. The zero-order chi connectivity index (χ0) is 13.1. The Kier molecular flexibility index (Phi) is 4.07. The molecule has 0 heterocycles. The standard InChI is InChI=1S/C14H16F2O2/c1-2-18-14(9-6-7-9)12(17)8-10-4-3-5-11(15)13(10)16/h3-5,9,14H,2,6-8H2,1H3. The topological polar surface area (TPSA) is 26.3 Å². The van der Waals surface area contributed by atoms with E-state index in [1.165, 1.54) is 12.1 Å². The van der Waals surface area contributed by atoms with Crippen molar-refractivity contribution in [1.29, 1.82) is 0 Å². The Morgan fingerprint density at radius 2 is 2.17 bits per heavy atom. The number of rotatable bonds is 6. The van der Waals surface area contributed by atoms with E-state index in [1.54, 1.807) is 0 Å². The fourth-order valence-corrected chi connectivity index (χ4v) is 2.04. The van der Waals surface area contributed by atoms with E-state index >= 15 is 0 Å². The van der Waals surface area contributed by atoms with Gasteiger partial charge in [0.25, 0.3) is 0 Å². The molecule has 18 heavy (non-hydrogen) atoms. The molecule has 2 rings (SSSR count). The van der Waals surface area contributed by atoms with E-state index in [2.05, 4.69) is 0 Å². The molecule has 1 fully saturated rings. The summed E-state index contributed by atoms with van der Waals surface area (Å²) in [5.74, 6) is -1.76. The number of ether oxygens (including phenoxy) is 1. The van der Waals surface area contributed by atoms with Crippen LogP contribution in [0, 0.1) is 17.6 Å². The van der Waals surface area contributed by atoms with Crippen LogP contribution in [0.2, 0.25) is 0 Å². The molecule has 1 unspecified atom stereocenters. The minimum absolute atomic E-state index is 0.102. The average Bonchev–Trinajstić information content (AvgIpc) is 3.16. The van der Waals surface area contributed by atoms with Crippen molar-refractivity contribution < 1.29 is 18.3 Å². The van der Waals surface area contributed by atoms with Gasteiger partial charge in [0, 0.05) is 13.0 Å². The molecule has 1 aliphatic carbocycles. The van der Waals surface area contributed by atoms with Crippen LogP contribution in [0.3, 0.4) is 0 Å². The summed E-state index contributed by atoms with van der Waals surface area (Å²) in [5, 5.41) is 0. The highest BCUT2D eigenvalue weighted by Crippen LogP contribution is 2.35. The lowest BCUT2D eigenvalue weighted by molar-refractivity contribution is -0.131. The van der Waals surface area contributed by atoms with Crippen molar-refractivity contribution in [1.82, 2.24) is 0 Å². The summed E-state index contributed by atoms with van der Waals surface area (Å²) in [5.41, 5.74) is 0.102. The minimum atomic E-state index is -0.933. The maximum absolute atomic E-state index is 13.5. The number of benzene rings is 1. The van der Waals surface area contributed by atoms with Gasteiger partial charge in [0.1, 0.15) is 6.10 Å². The summed E-state index contributed by atoms with van der Waals surface area (Å²) >= 11 is 0. The van der Waals surface area contributed by atoms with Crippen LogP contribution >= 0.6 is 0 Å². The molecule has 1 atom stereocenters. The predicted molar refractivity (Wildman–Crippen MR) is 63.2 cm³/mol. The fraction of sp³-hybridized carbons (Fsp3) is 0.500. The number of ketones is 1. The van der Waals surface area contributed by atoms with E-state index in [-0.39, 0.29) is 23.7 Å². The zero-order valence-electron chi connectivity index (χ0n) is 10.3. The van der Waals surface area contributed by atoms with Crippen molar-refractivity contribution in [2.45, 2.75) is 32.3 Å². The summed E-state index contributed by atoms with van der Waals surface area (Å²) in [6.07, 6.45) is 1.38. The minimum Gasteiger partial charge on any atom is -0.370 e. The Hall–Kier alpha value is -1.29. The lowest BCUT2D eigenvalue weighted by Crippen LogP contribution is -2.28. The van der Waals surface area contributed by atoms with Gasteiger partial charge >= 0.3 is 0 Å². The van der Waals surface area contributed by atoms with Crippen LogP contribution in [0.4, 0.5) is 8.78 Å². The molecule has 0 bridgehead atoms. The third kappa shape index (κ3) is 2.93. The Balaban J connectivity index is 2.07. The SMILES string of the molecule is CCOC(C(=O)Cc1cccc(F)c1F)C1CC1. The summed E-state index contributed by atoms with van der Waals surface area (Å²) in [6, 6.07) is 3.89. The van der Waals surface area contributed by atoms with Gasteiger partial charge in [0.15, 0.2) is 17.4 Å². The van der Waals surface area contributed by atoms with Crippen molar-refractivity contribution in [2.24, 2.45) is 5.92 Å². The predicted octanol–water partition coefficient (Wildman–Crippen LogP) is 2.89. The lowest BCUT2D eigenvalue weighted by atomic mass is 10.0. The Bertz CT molecular complexity index is 441. The Morgan fingerprint density at radius 3 is 2.78 bits per heavy atom. The quantitative estimate of drug-likeness (QED) is 0.780. The highest BCUT2D eigenvalue weighted by molar-refractivity contribution is 5.85. The first-order valence-corrected chi connectivity index (χ1v) is 6.20. The van der Waals surface area contributed by atoms with Crippen LogP contribution in [-0.4, -0.2) is 18.5 Å².